The van der Waals surface area contributed by atoms with E-state index in [4.69, 9.17) is 0 Å². The van der Waals surface area contributed by atoms with E-state index in [9.17, 15) is 9.90 Å². The molecule has 1 aliphatic heterocycles. The van der Waals surface area contributed by atoms with E-state index in [1.165, 1.54) is 0 Å². The molecule has 7 nitrogen and oxygen atoms in total. The summed E-state index contributed by atoms with van der Waals surface area (Å²) in [5, 5.41) is 17.3. The second-order valence-corrected chi connectivity index (χ2v) is 7.47. The number of hydrogen-bond acceptors (Lipinski definition) is 5. The van der Waals surface area contributed by atoms with E-state index >= 15 is 0 Å². The van der Waals surface area contributed by atoms with Crippen molar-refractivity contribution in [3.8, 4) is 22.6 Å². The van der Waals surface area contributed by atoms with E-state index in [2.05, 4.69) is 27.4 Å². The lowest BCUT2D eigenvalue weighted by Gasteiger charge is -2.31. The van der Waals surface area contributed by atoms with Crippen LogP contribution in [0, 0.1) is 0 Å². The van der Waals surface area contributed by atoms with Crippen molar-refractivity contribution in [3.05, 3.63) is 59.3 Å². The van der Waals surface area contributed by atoms with Gasteiger partial charge in [-0.05, 0) is 48.7 Å². The van der Waals surface area contributed by atoms with Crippen LogP contribution in [0.25, 0.3) is 16.8 Å². The first-order valence-corrected chi connectivity index (χ1v) is 10.1. The summed E-state index contributed by atoms with van der Waals surface area (Å²) < 4.78 is 3.20. The Morgan fingerprint density at radius 3 is 2.45 bits per heavy atom. The molecule has 29 heavy (non-hydrogen) atoms. The van der Waals surface area contributed by atoms with Gasteiger partial charge in [-0.15, -0.1) is 0 Å². The van der Waals surface area contributed by atoms with Crippen molar-refractivity contribution in [1.82, 2.24) is 19.7 Å². The van der Waals surface area contributed by atoms with E-state index < -0.39 is 0 Å². The molecule has 152 valence electrons. The van der Waals surface area contributed by atoms with Crippen LogP contribution >= 0.6 is 0 Å². The Labute approximate surface area is 170 Å². The van der Waals surface area contributed by atoms with Gasteiger partial charge in [0.25, 0.3) is 0 Å². The quantitative estimate of drug-likeness (QED) is 0.697. The van der Waals surface area contributed by atoms with Crippen LogP contribution in [-0.4, -0.2) is 45.6 Å². The van der Waals surface area contributed by atoms with Gasteiger partial charge in [0.2, 0.25) is 0 Å². The molecule has 1 aromatic heterocycles. The van der Waals surface area contributed by atoms with Crippen LogP contribution in [0.4, 0.5) is 5.69 Å². The van der Waals surface area contributed by atoms with Crippen LogP contribution < -0.4 is 15.9 Å². The van der Waals surface area contributed by atoms with Crippen molar-refractivity contribution in [3.63, 3.8) is 0 Å². The van der Waals surface area contributed by atoms with E-state index in [0.29, 0.717) is 0 Å². The lowest BCUT2D eigenvalue weighted by atomic mass is 10.0. The molecule has 3 aromatic rings. The number of phenols is 1. The molecule has 0 bridgehead atoms. The summed E-state index contributed by atoms with van der Waals surface area (Å²) in [4.78, 5) is 15.4. The molecule has 4 rings (SSSR count). The molecule has 1 saturated heterocycles. The van der Waals surface area contributed by atoms with Crippen LogP contribution in [-0.2, 0) is 0 Å². The average molecular weight is 393 g/mol. The normalized spacial score (nSPS) is 15.4. The van der Waals surface area contributed by atoms with Gasteiger partial charge >= 0.3 is 5.69 Å². The molecule has 0 radical (unpaired) electrons. The van der Waals surface area contributed by atoms with Gasteiger partial charge in [-0.1, -0.05) is 25.1 Å². The molecular weight excluding hydrogens is 366 g/mol. The van der Waals surface area contributed by atoms with Crippen molar-refractivity contribution in [1.29, 1.82) is 0 Å². The third-order valence-electron chi connectivity index (χ3n) is 5.60. The summed E-state index contributed by atoms with van der Waals surface area (Å²) in [6, 6.07) is 13.3. The Bertz CT molecular complexity index is 1030. The first-order valence-electron chi connectivity index (χ1n) is 10.1. The van der Waals surface area contributed by atoms with E-state index in [1.54, 1.807) is 27.7 Å². The van der Waals surface area contributed by atoms with Crippen molar-refractivity contribution in [2.24, 2.45) is 0 Å². The van der Waals surface area contributed by atoms with Crippen molar-refractivity contribution in [2.75, 3.05) is 31.1 Å². The van der Waals surface area contributed by atoms with Gasteiger partial charge in [0.15, 0.2) is 0 Å². The summed E-state index contributed by atoms with van der Waals surface area (Å²) in [6.07, 6.45) is 2.46. The molecule has 7 heteroatoms. The van der Waals surface area contributed by atoms with Crippen LogP contribution in [0.2, 0.25) is 0 Å². The standard InChI is InChI=1S/C22H27N5O2/c1-3-16(2)27-22(29)26(15-24-27)21-14-18(17-4-7-19(28)8-5-17)6-9-20(21)25-12-10-23-11-13-25/h4-9,14-16,23,28H,3,10-13H2,1-2H3/t16-/m1/s1. The average Bonchev–Trinajstić information content (AvgIpc) is 3.15. The molecule has 0 unspecified atom stereocenters. The van der Waals surface area contributed by atoms with Gasteiger partial charge in [-0.25, -0.2) is 14.0 Å². The maximum atomic E-state index is 13.1. The van der Waals surface area contributed by atoms with Crippen molar-refractivity contribution in [2.45, 2.75) is 26.3 Å². The molecule has 0 amide bonds. The number of anilines is 1. The minimum atomic E-state index is -0.126. The van der Waals surface area contributed by atoms with Crippen LogP contribution in [0.5, 0.6) is 5.75 Å². The summed E-state index contributed by atoms with van der Waals surface area (Å²) in [7, 11) is 0. The zero-order valence-electron chi connectivity index (χ0n) is 16.9. The van der Waals surface area contributed by atoms with Gasteiger partial charge in [-0.2, -0.15) is 5.10 Å². The van der Waals surface area contributed by atoms with E-state index in [0.717, 1.165) is 55.1 Å². The molecule has 1 aliphatic rings. The highest BCUT2D eigenvalue weighted by atomic mass is 16.3. The highest BCUT2D eigenvalue weighted by molar-refractivity contribution is 5.74. The molecule has 2 N–H and O–H groups in total. The second kappa shape index (κ2) is 8.13. The summed E-state index contributed by atoms with van der Waals surface area (Å²) in [5.74, 6) is 0.234. The summed E-state index contributed by atoms with van der Waals surface area (Å²) in [6.45, 7) is 7.66. The third-order valence-corrected chi connectivity index (χ3v) is 5.60. The Hall–Kier alpha value is -3.06. The first-order chi connectivity index (χ1) is 14.1. The maximum Gasteiger partial charge on any atom is 0.350 e. The maximum absolute atomic E-state index is 13.1. The SMILES string of the molecule is CC[C@@H](C)n1ncn(-c2cc(-c3ccc(O)cc3)ccc2N2CCNCC2)c1=O. The highest BCUT2D eigenvalue weighted by Crippen LogP contribution is 2.31. The Kier molecular flexibility index (Phi) is 5.40. The molecule has 1 fully saturated rings. The molecule has 2 aromatic carbocycles. The van der Waals surface area contributed by atoms with Crippen LogP contribution in [0.3, 0.4) is 0 Å². The number of hydrogen-bond donors (Lipinski definition) is 2. The van der Waals surface area contributed by atoms with Crippen molar-refractivity contribution >= 4 is 5.69 Å². The van der Waals surface area contributed by atoms with Gasteiger partial charge in [0, 0.05) is 26.2 Å². The highest BCUT2D eigenvalue weighted by Gasteiger charge is 2.19. The Morgan fingerprint density at radius 2 is 1.76 bits per heavy atom. The smallest absolute Gasteiger partial charge is 0.350 e. The number of aromatic hydroxyl groups is 1. The number of phenolic OH excluding ortho intramolecular Hbond substituents is 1. The molecule has 1 atom stereocenters. The van der Waals surface area contributed by atoms with Crippen LogP contribution in [0.1, 0.15) is 26.3 Å². The minimum absolute atomic E-state index is 0.0478. The molecular formula is C22H27N5O2. The largest absolute Gasteiger partial charge is 0.508 e. The first kappa shape index (κ1) is 19.3. The van der Waals surface area contributed by atoms with E-state index in [-0.39, 0.29) is 17.5 Å². The zero-order chi connectivity index (χ0) is 20.4. The third kappa shape index (κ3) is 3.78. The predicted octanol–water partition coefficient (Wildman–Crippen LogP) is 2.79. The van der Waals surface area contributed by atoms with Crippen molar-refractivity contribution < 1.29 is 5.11 Å². The zero-order valence-corrected chi connectivity index (χ0v) is 16.9. The predicted molar refractivity (Wildman–Crippen MR) is 115 cm³/mol. The Balaban J connectivity index is 1.84. The van der Waals surface area contributed by atoms with E-state index in [1.807, 2.05) is 32.0 Å². The number of nitrogens with zero attached hydrogens (tertiary/aromatic N) is 4. The minimum Gasteiger partial charge on any atom is -0.508 e. The fourth-order valence-electron chi connectivity index (χ4n) is 3.68. The number of benzene rings is 2. The van der Waals surface area contributed by atoms with Gasteiger partial charge in [0.1, 0.15) is 12.1 Å². The number of nitrogens with one attached hydrogen (secondary N) is 1. The summed E-state index contributed by atoms with van der Waals surface area (Å²) >= 11 is 0. The lowest BCUT2D eigenvalue weighted by Crippen LogP contribution is -2.44. The van der Waals surface area contributed by atoms with Gasteiger partial charge in [0.05, 0.1) is 17.4 Å². The Morgan fingerprint density at radius 1 is 1.07 bits per heavy atom. The monoisotopic (exact) mass is 393 g/mol. The fraction of sp³-hybridized carbons (Fsp3) is 0.364. The number of rotatable bonds is 5. The van der Waals surface area contributed by atoms with Gasteiger partial charge in [-0.3, -0.25) is 0 Å². The lowest BCUT2D eigenvalue weighted by molar-refractivity contribution is 0.460. The fourth-order valence-corrected chi connectivity index (χ4v) is 3.68. The molecule has 2 heterocycles. The number of aromatic nitrogens is 3. The second-order valence-electron chi connectivity index (χ2n) is 7.47. The summed E-state index contributed by atoms with van der Waals surface area (Å²) in [5.41, 5.74) is 3.70. The topological polar surface area (TPSA) is 75.3 Å². The van der Waals surface area contributed by atoms with Crippen LogP contribution in [0.15, 0.2) is 53.6 Å². The molecule has 0 saturated carbocycles. The molecule has 0 spiro atoms. The number of piperazine rings is 1. The van der Waals surface area contributed by atoms with Gasteiger partial charge < -0.3 is 15.3 Å². The molecule has 0 aliphatic carbocycles.